The van der Waals surface area contributed by atoms with Crippen LogP contribution in [0.2, 0.25) is 0 Å². The number of hydrogen-bond donors (Lipinski definition) is 1. The fraction of sp³-hybridized carbons (Fsp3) is 0.941. The second kappa shape index (κ2) is 11.5. The molecule has 8 heteroatoms. The highest BCUT2D eigenvalue weighted by atomic mass is 16.4. The number of hydrogen-bond acceptors (Lipinski definition) is 7. The number of piperazine rings is 1. The maximum atomic E-state index is 11.1. The Labute approximate surface area is 150 Å². The molecule has 0 saturated carbocycles. The van der Waals surface area contributed by atoms with E-state index in [1.165, 1.54) is 0 Å². The number of carboxylic acid groups (broad SMARTS) is 1. The van der Waals surface area contributed by atoms with Crippen molar-refractivity contribution in [1.29, 1.82) is 0 Å². The van der Waals surface area contributed by atoms with Crippen LogP contribution >= 0.6 is 0 Å². The third-order valence-corrected chi connectivity index (χ3v) is 5.18. The van der Waals surface area contributed by atoms with Gasteiger partial charge in [0.25, 0.3) is 0 Å². The highest BCUT2D eigenvalue weighted by Gasteiger charge is 2.19. The second-order valence-corrected chi connectivity index (χ2v) is 7.11. The van der Waals surface area contributed by atoms with Crippen molar-refractivity contribution in [3.8, 4) is 0 Å². The van der Waals surface area contributed by atoms with Gasteiger partial charge in [-0.25, -0.2) is 0 Å². The molecule has 3 aliphatic heterocycles. The molecule has 1 N–H and O–H groups in total. The van der Waals surface area contributed by atoms with Crippen LogP contribution in [0.25, 0.3) is 0 Å². The van der Waals surface area contributed by atoms with E-state index >= 15 is 0 Å². The Morgan fingerprint density at radius 3 is 1.92 bits per heavy atom. The summed E-state index contributed by atoms with van der Waals surface area (Å²) in [6.45, 7) is 11.5. The smallest absolute Gasteiger partial charge is 0.317 e. The molecule has 3 saturated heterocycles. The van der Waals surface area contributed by atoms with Crippen molar-refractivity contribution in [2.24, 2.45) is 5.18 Å². The zero-order valence-corrected chi connectivity index (χ0v) is 15.3. The van der Waals surface area contributed by atoms with Crippen molar-refractivity contribution in [3.63, 3.8) is 0 Å². The number of fused-ring (bicyclic) bond motifs is 11. The SMILES string of the molecule is O=NCCCN1CCCN2CCN(CCCN(CC(=O)O)CC1)CC2. The van der Waals surface area contributed by atoms with E-state index in [9.17, 15) is 9.70 Å². The highest BCUT2D eigenvalue weighted by molar-refractivity contribution is 5.69. The Bertz CT molecular complexity index is 402. The Kier molecular flexibility index (Phi) is 9.31. The van der Waals surface area contributed by atoms with Crippen molar-refractivity contribution < 1.29 is 9.90 Å². The van der Waals surface area contributed by atoms with Crippen LogP contribution in [0.15, 0.2) is 5.18 Å². The summed E-state index contributed by atoms with van der Waals surface area (Å²) < 4.78 is 0. The fourth-order valence-electron chi connectivity index (χ4n) is 3.71. The summed E-state index contributed by atoms with van der Waals surface area (Å²) in [4.78, 5) is 30.9. The summed E-state index contributed by atoms with van der Waals surface area (Å²) in [5.74, 6) is -0.758. The largest absolute Gasteiger partial charge is 0.480 e. The van der Waals surface area contributed by atoms with Crippen molar-refractivity contribution in [2.45, 2.75) is 19.3 Å². The van der Waals surface area contributed by atoms with E-state index < -0.39 is 5.97 Å². The average molecular weight is 355 g/mol. The predicted molar refractivity (Wildman–Crippen MR) is 97.9 cm³/mol. The molecule has 0 amide bonds. The van der Waals surface area contributed by atoms with Gasteiger partial charge in [-0.3, -0.25) is 9.69 Å². The lowest BCUT2D eigenvalue weighted by Gasteiger charge is -2.36. The second-order valence-electron chi connectivity index (χ2n) is 7.11. The number of nitrogens with zero attached hydrogens (tertiary/aromatic N) is 5. The van der Waals surface area contributed by atoms with Gasteiger partial charge in [-0.1, -0.05) is 5.18 Å². The van der Waals surface area contributed by atoms with Crippen molar-refractivity contribution in [3.05, 3.63) is 4.91 Å². The molecule has 3 heterocycles. The first kappa shape index (κ1) is 20.2. The molecule has 25 heavy (non-hydrogen) atoms. The summed E-state index contributed by atoms with van der Waals surface area (Å²) in [5, 5.41) is 12.1. The van der Waals surface area contributed by atoms with Crippen LogP contribution in [0.5, 0.6) is 0 Å². The molecule has 0 aliphatic carbocycles. The Morgan fingerprint density at radius 1 is 0.800 bits per heavy atom. The number of carboxylic acids is 1. The lowest BCUT2D eigenvalue weighted by Crippen LogP contribution is -2.48. The van der Waals surface area contributed by atoms with Gasteiger partial charge in [0, 0.05) is 52.4 Å². The lowest BCUT2D eigenvalue weighted by molar-refractivity contribution is -0.138. The molecule has 0 unspecified atom stereocenters. The van der Waals surface area contributed by atoms with Gasteiger partial charge in [0.05, 0.1) is 13.1 Å². The monoisotopic (exact) mass is 355 g/mol. The van der Waals surface area contributed by atoms with Crippen molar-refractivity contribution >= 4 is 5.97 Å². The standard InChI is InChI=1S/C17H33N5O3/c23-17(24)16-22-9-3-8-21-12-10-20(11-13-21)7-2-6-19(14-15-22)5-1-4-18-25/h1-16H2,(H,23,24). The first-order chi connectivity index (χ1) is 12.2. The highest BCUT2D eigenvalue weighted by Crippen LogP contribution is 2.07. The molecule has 0 aromatic rings. The van der Waals surface area contributed by atoms with Crippen LogP contribution in [0.4, 0.5) is 0 Å². The number of carbonyl (C=O) groups is 1. The normalized spacial score (nSPS) is 27.7. The van der Waals surface area contributed by atoms with Gasteiger partial charge in [-0.05, 0) is 38.9 Å². The molecule has 0 aromatic carbocycles. The van der Waals surface area contributed by atoms with E-state index in [0.717, 1.165) is 91.3 Å². The van der Waals surface area contributed by atoms with Gasteiger partial charge >= 0.3 is 5.97 Å². The molecule has 3 fully saturated rings. The molecule has 8 nitrogen and oxygen atoms in total. The van der Waals surface area contributed by atoms with Gasteiger partial charge in [0.1, 0.15) is 0 Å². The van der Waals surface area contributed by atoms with Gasteiger partial charge in [-0.15, -0.1) is 0 Å². The predicted octanol–water partition coefficient (Wildman–Crippen LogP) is 0.243. The van der Waals surface area contributed by atoms with Crippen molar-refractivity contribution in [1.82, 2.24) is 19.6 Å². The molecule has 3 rings (SSSR count). The van der Waals surface area contributed by atoms with E-state index in [1.807, 2.05) is 0 Å². The zero-order valence-electron chi connectivity index (χ0n) is 15.3. The van der Waals surface area contributed by atoms with Gasteiger partial charge in [0.2, 0.25) is 0 Å². The summed E-state index contributed by atoms with van der Waals surface area (Å²) in [6, 6.07) is 0. The third-order valence-electron chi connectivity index (χ3n) is 5.18. The topological polar surface area (TPSA) is 79.7 Å². The molecular formula is C17H33N5O3. The first-order valence-corrected chi connectivity index (χ1v) is 9.57. The first-order valence-electron chi connectivity index (χ1n) is 9.57. The Balaban J connectivity index is 1.91. The van der Waals surface area contributed by atoms with Crippen LogP contribution in [-0.2, 0) is 4.79 Å². The fourth-order valence-corrected chi connectivity index (χ4v) is 3.71. The average Bonchev–Trinajstić information content (AvgIpc) is 2.59. The minimum absolute atomic E-state index is 0.109. The minimum atomic E-state index is -0.758. The van der Waals surface area contributed by atoms with E-state index in [1.54, 1.807) is 0 Å². The molecule has 0 aromatic heterocycles. The van der Waals surface area contributed by atoms with Crippen LogP contribution in [0, 0.1) is 4.91 Å². The zero-order chi connectivity index (χ0) is 17.9. The van der Waals surface area contributed by atoms with Crippen LogP contribution in [0.1, 0.15) is 19.3 Å². The van der Waals surface area contributed by atoms with Gasteiger partial charge in [0.15, 0.2) is 0 Å². The molecule has 0 spiro atoms. The number of rotatable bonds is 6. The molecule has 2 bridgehead atoms. The summed E-state index contributed by atoms with van der Waals surface area (Å²) in [7, 11) is 0. The maximum absolute atomic E-state index is 11.1. The third kappa shape index (κ3) is 8.22. The summed E-state index contributed by atoms with van der Waals surface area (Å²) in [6.07, 6.45) is 2.91. The van der Waals surface area contributed by atoms with E-state index in [4.69, 9.17) is 5.11 Å². The Hall–Kier alpha value is -1.09. The maximum Gasteiger partial charge on any atom is 0.317 e. The minimum Gasteiger partial charge on any atom is -0.480 e. The van der Waals surface area contributed by atoms with Crippen LogP contribution < -0.4 is 0 Å². The molecule has 0 radical (unpaired) electrons. The van der Waals surface area contributed by atoms with Gasteiger partial charge < -0.3 is 19.8 Å². The summed E-state index contributed by atoms with van der Waals surface area (Å²) >= 11 is 0. The Morgan fingerprint density at radius 2 is 1.36 bits per heavy atom. The number of nitroso groups, excluding NO2 is 1. The summed E-state index contributed by atoms with van der Waals surface area (Å²) in [5.41, 5.74) is 0. The van der Waals surface area contributed by atoms with Crippen molar-refractivity contribution in [2.75, 3.05) is 85.1 Å². The van der Waals surface area contributed by atoms with E-state index in [0.29, 0.717) is 6.54 Å². The lowest BCUT2D eigenvalue weighted by atomic mass is 10.2. The molecular weight excluding hydrogens is 322 g/mol. The van der Waals surface area contributed by atoms with Crippen LogP contribution in [-0.4, -0.2) is 116 Å². The molecule has 144 valence electrons. The van der Waals surface area contributed by atoms with Gasteiger partial charge in [-0.2, -0.15) is 4.91 Å². The number of aliphatic carboxylic acids is 1. The van der Waals surface area contributed by atoms with E-state index in [2.05, 4.69) is 24.8 Å². The quantitative estimate of drug-likeness (QED) is 0.540. The van der Waals surface area contributed by atoms with E-state index in [-0.39, 0.29) is 6.54 Å². The molecule has 0 atom stereocenters. The van der Waals surface area contributed by atoms with Crippen LogP contribution in [0.3, 0.4) is 0 Å². The molecule has 3 aliphatic rings.